The van der Waals surface area contributed by atoms with Gasteiger partial charge in [-0.05, 0) is 62.7 Å². The summed E-state index contributed by atoms with van der Waals surface area (Å²) in [5.74, 6) is 2.68. The highest BCUT2D eigenvalue weighted by atomic mass is 15.5. The lowest BCUT2D eigenvalue weighted by atomic mass is 9.94. The molecule has 12 rings (SSSR count). The summed E-state index contributed by atoms with van der Waals surface area (Å²) in [6.07, 6.45) is 0. The van der Waals surface area contributed by atoms with Gasteiger partial charge in [-0.1, -0.05) is 188 Å². The van der Waals surface area contributed by atoms with Gasteiger partial charge in [-0.2, -0.15) is 4.80 Å². The van der Waals surface area contributed by atoms with E-state index in [0.29, 0.717) is 34.9 Å². The summed E-state index contributed by atoms with van der Waals surface area (Å²) < 4.78 is 0. The topological polar surface area (TPSA) is 108 Å². The largest absolute Gasteiger partial charge is 0.208 e. The first-order valence-electron chi connectivity index (χ1n) is 21.4. The number of rotatable bonds is 8. The van der Waals surface area contributed by atoms with Crippen LogP contribution in [0.15, 0.2) is 212 Å². The third kappa shape index (κ3) is 7.03. The van der Waals surface area contributed by atoms with Crippen LogP contribution < -0.4 is 0 Å². The molecule has 0 aliphatic rings. The fraction of sp³-hybridized carbons (Fsp3) is 0. The molecule has 9 nitrogen and oxygen atoms in total. The van der Waals surface area contributed by atoms with Crippen molar-refractivity contribution in [3.63, 3.8) is 0 Å². The van der Waals surface area contributed by atoms with Crippen molar-refractivity contribution in [1.82, 2.24) is 44.9 Å². The lowest BCUT2D eigenvalue weighted by molar-refractivity contribution is 0.766. The molecule has 9 heteroatoms. The smallest absolute Gasteiger partial charge is 0.202 e. The van der Waals surface area contributed by atoms with Gasteiger partial charge in [-0.3, -0.25) is 0 Å². The molecule has 0 spiro atoms. The molecule has 0 unspecified atom stereocenters. The normalized spacial score (nSPS) is 11.4. The van der Waals surface area contributed by atoms with Gasteiger partial charge in [0.2, 0.25) is 11.6 Å². The van der Waals surface area contributed by atoms with Crippen molar-refractivity contribution in [1.29, 1.82) is 0 Å². The molecule has 0 bridgehead atoms. The van der Waals surface area contributed by atoms with Gasteiger partial charge >= 0.3 is 0 Å². The zero-order valence-corrected chi connectivity index (χ0v) is 34.7. The first-order chi connectivity index (χ1) is 32.2. The summed E-state index contributed by atoms with van der Waals surface area (Å²) in [6.45, 7) is 0. The average Bonchev–Trinajstić information content (AvgIpc) is 3.84. The maximum Gasteiger partial charge on any atom is 0.202 e. The zero-order valence-electron chi connectivity index (χ0n) is 34.7. The van der Waals surface area contributed by atoms with E-state index in [-0.39, 0.29) is 0 Å². The van der Waals surface area contributed by atoms with Crippen molar-refractivity contribution >= 4 is 32.6 Å². The minimum absolute atomic E-state index is 0.329. The first kappa shape index (κ1) is 37.7. The molecule has 12 aromatic rings. The Morgan fingerprint density at radius 3 is 1.31 bits per heavy atom. The molecule has 0 saturated carbocycles. The quantitative estimate of drug-likeness (QED) is 0.139. The second-order valence-electron chi connectivity index (χ2n) is 15.7. The van der Waals surface area contributed by atoms with Gasteiger partial charge in [-0.25, -0.2) is 29.9 Å². The van der Waals surface area contributed by atoms with E-state index in [0.717, 1.165) is 82.8 Å². The van der Waals surface area contributed by atoms with Crippen LogP contribution in [-0.4, -0.2) is 44.9 Å². The molecule has 65 heavy (non-hydrogen) atoms. The summed E-state index contributed by atoms with van der Waals surface area (Å²) in [5.41, 5.74) is 9.98. The number of benzene rings is 9. The van der Waals surface area contributed by atoms with Crippen molar-refractivity contribution in [3.8, 4) is 85.1 Å². The molecule has 0 N–H and O–H groups in total. The second kappa shape index (κ2) is 16.0. The SMILES string of the molecule is c1ccc(-c2nc(-c3nc(-c4ccccc4)nc(-c4ccccc4-c4ccc5ccc6ccc7nn(-c8ccccc8)nc7c6c5c4)n3)nc(-c3ccccc3-c3ccccc3)n2)cc1. The van der Waals surface area contributed by atoms with E-state index in [1.807, 2.05) is 146 Å². The molecule has 3 aromatic heterocycles. The minimum Gasteiger partial charge on any atom is -0.208 e. The van der Waals surface area contributed by atoms with Crippen LogP contribution in [-0.2, 0) is 0 Å². The third-order valence-electron chi connectivity index (χ3n) is 11.6. The molecule has 0 aliphatic carbocycles. The maximum atomic E-state index is 5.22. The number of hydrogen-bond acceptors (Lipinski definition) is 8. The highest BCUT2D eigenvalue weighted by Crippen LogP contribution is 2.38. The molecule has 0 aliphatic heterocycles. The predicted octanol–water partition coefficient (Wildman–Crippen LogP) is 12.8. The fourth-order valence-corrected chi connectivity index (χ4v) is 8.46. The lowest BCUT2D eigenvalue weighted by Gasteiger charge is -2.14. The van der Waals surface area contributed by atoms with Crippen LogP contribution in [0.1, 0.15) is 0 Å². The Morgan fingerprint density at radius 1 is 0.292 bits per heavy atom. The maximum absolute atomic E-state index is 5.22. The van der Waals surface area contributed by atoms with Gasteiger partial charge in [0.05, 0.1) is 5.69 Å². The molecular formula is C56H35N9. The van der Waals surface area contributed by atoms with Gasteiger partial charge in [-0.15, -0.1) is 10.2 Å². The van der Waals surface area contributed by atoms with Crippen molar-refractivity contribution in [2.24, 2.45) is 0 Å². The van der Waals surface area contributed by atoms with Crippen molar-refractivity contribution in [3.05, 3.63) is 212 Å². The average molecular weight is 834 g/mol. The Bertz CT molecular complexity index is 3710. The van der Waals surface area contributed by atoms with E-state index < -0.39 is 0 Å². The van der Waals surface area contributed by atoms with Gasteiger partial charge < -0.3 is 0 Å². The monoisotopic (exact) mass is 833 g/mol. The van der Waals surface area contributed by atoms with Crippen LogP contribution >= 0.6 is 0 Å². The first-order valence-corrected chi connectivity index (χ1v) is 21.4. The Balaban J connectivity index is 1.05. The van der Waals surface area contributed by atoms with Crippen molar-refractivity contribution in [2.75, 3.05) is 0 Å². The van der Waals surface area contributed by atoms with Crippen LogP contribution in [0.4, 0.5) is 0 Å². The molecular weight excluding hydrogens is 799 g/mol. The highest BCUT2D eigenvalue weighted by molar-refractivity contribution is 6.19. The minimum atomic E-state index is 0.329. The molecule has 0 fully saturated rings. The number of fused-ring (bicyclic) bond motifs is 5. The number of para-hydroxylation sites is 1. The fourth-order valence-electron chi connectivity index (χ4n) is 8.46. The van der Waals surface area contributed by atoms with Gasteiger partial charge in [0, 0.05) is 27.6 Å². The molecule has 304 valence electrons. The van der Waals surface area contributed by atoms with Crippen LogP contribution in [0.2, 0.25) is 0 Å². The van der Waals surface area contributed by atoms with E-state index in [4.69, 9.17) is 40.1 Å². The number of nitrogens with zero attached hydrogens (tertiary/aromatic N) is 9. The summed E-state index contributed by atoms with van der Waals surface area (Å²) >= 11 is 0. The highest BCUT2D eigenvalue weighted by Gasteiger charge is 2.21. The third-order valence-corrected chi connectivity index (χ3v) is 11.6. The van der Waals surface area contributed by atoms with Gasteiger partial charge in [0.25, 0.3) is 0 Å². The van der Waals surface area contributed by atoms with Crippen molar-refractivity contribution < 1.29 is 0 Å². The summed E-state index contributed by atoms with van der Waals surface area (Å²) in [7, 11) is 0. The lowest BCUT2D eigenvalue weighted by Crippen LogP contribution is -2.06. The Kier molecular flexibility index (Phi) is 9.27. The second-order valence-corrected chi connectivity index (χ2v) is 15.7. The van der Waals surface area contributed by atoms with Gasteiger partial charge in [0.1, 0.15) is 11.0 Å². The van der Waals surface area contributed by atoms with Crippen LogP contribution in [0.5, 0.6) is 0 Å². The summed E-state index contributed by atoms with van der Waals surface area (Å²) in [6, 6.07) is 71.6. The Labute approximate surface area is 373 Å². The van der Waals surface area contributed by atoms with Crippen LogP contribution in [0.25, 0.3) is 118 Å². The zero-order chi connectivity index (χ0) is 43.1. The molecule has 0 atom stereocenters. The van der Waals surface area contributed by atoms with Crippen molar-refractivity contribution in [2.45, 2.75) is 0 Å². The van der Waals surface area contributed by atoms with E-state index in [9.17, 15) is 0 Å². The molecule has 3 heterocycles. The van der Waals surface area contributed by atoms with Gasteiger partial charge in [0.15, 0.2) is 23.3 Å². The number of hydrogen-bond donors (Lipinski definition) is 0. The Morgan fingerprint density at radius 2 is 0.723 bits per heavy atom. The molecule has 0 amide bonds. The Hall–Kier alpha value is -9.08. The van der Waals surface area contributed by atoms with Crippen LogP contribution in [0, 0.1) is 0 Å². The van der Waals surface area contributed by atoms with Crippen LogP contribution in [0.3, 0.4) is 0 Å². The summed E-state index contributed by atoms with van der Waals surface area (Å²) in [4.78, 5) is 32.5. The van der Waals surface area contributed by atoms with E-state index >= 15 is 0 Å². The molecule has 0 saturated heterocycles. The molecule has 9 aromatic carbocycles. The number of aromatic nitrogens is 9. The summed E-state index contributed by atoms with van der Waals surface area (Å²) in [5, 5.41) is 14.2. The van der Waals surface area contributed by atoms with E-state index in [1.54, 1.807) is 4.80 Å². The standard InChI is InChI=1S/C56H35N9/c1-5-17-36(18-6-1)43-25-13-15-27-45(43)53-57-51(39-19-7-2-8-20-39)59-55(61-53)56-60-52(40-21-9-3-10-22-40)58-54(62-56)46-28-16-14-26-44(46)41-32-30-37-29-31-38-33-34-48-50(49(38)47(37)35-41)64-65(63-48)42-23-11-4-12-24-42/h1-35H. The predicted molar refractivity (Wildman–Crippen MR) is 259 cm³/mol. The van der Waals surface area contributed by atoms with E-state index in [2.05, 4.69) is 66.7 Å². The molecule has 0 radical (unpaired) electrons. The van der Waals surface area contributed by atoms with E-state index in [1.165, 1.54) is 0 Å².